The topological polar surface area (TPSA) is 26.3 Å². The molecule has 0 aliphatic carbocycles. The van der Waals surface area contributed by atoms with Gasteiger partial charge in [0, 0.05) is 17.6 Å². The first-order valence-electron chi connectivity index (χ1n) is 4.69. The highest BCUT2D eigenvalue weighted by atomic mass is 32.1. The standard InChI is InChI=1S/C11H16O2S/c1-7(2)11(13-4)10(12)9-5-6-14-8(9)3/h5-7,11H,1-4H3. The SMILES string of the molecule is COC(C(=O)c1ccsc1C)C(C)C. The van der Waals surface area contributed by atoms with Gasteiger partial charge in [-0.3, -0.25) is 4.79 Å². The second kappa shape index (κ2) is 4.71. The maximum Gasteiger partial charge on any atom is 0.192 e. The molecule has 1 atom stereocenters. The van der Waals surface area contributed by atoms with Gasteiger partial charge < -0.3 is 4.74 Å². The molecule has 1 unspecified atom stereocenters. The van der Waals surface area contributed by atoms with E-state index in [1.54, 1.807) is 18.4 Å². The lowest BCUT2D eigenvalue weighted by Crippen LogP contribution is -2.28. The van der Waals surface area contributed by atoms with E-state index in [4.69, 9.17) is 4.74 Å². The second-order valence-electron chi connectivity index (χ2n) is 3.66. The molecule has 1 rings (SSSR count). The highest BCUT2D eigenvalue weighted by Crippen LogP contribution is 2.20. The number of methoxy groups -OCH3 is 1. The Balaban J connectivity index is 2.89. The first-order chi connectivity index (χ1) is 6.57. The maximum absolute atomic E-state index is 12.0. The minimum absolute atomic E-state index is 0.0984. The molecule has 0 radical (unpaired) electrons. The van der Waals surface area contributed by atoms with Crippen LogP contribution in [0.1, 0.15) is 29.1 Å². The molecule has 0 aliphatic heterocycles. The van der Waals surface area contributed by atoms with Gasteiger partial charge in [-0.05, 0) is 24.3 Å². The van der Waals surface area contributed by atoms with Gasteiger partial charge in [0.15, 0.2) is 5.78 Å². The molecule has 3 heteroatoms. The molecule has 0 saturated heterocycles. The minimum atomic E-state index is -0.316. The van der Waals surface area contributed by atoms with Crippen LogP contribution in [0.25, 0.3) is 0 Å². The zero-order valence-corrected chi connectivity index (χ0v) is 9.85. The van der Waals surface area contributed by atoms with Crippen molar-refractivity contribution in [3.63, 3.8) is 0 Å². The smallest absolute Gasteiger partial charge is 0.192 e. The van der Waals surface area contributed by atoms with Crippen molar-refractivity contribution in [1.82, 2.24) is 0 Å². The molecule has 1 aromatic rings. The number of rotatable bonds is 4. The van der Waals surface area contributed by atoms with E-state index in [0.29, 0.717) is 0 Å². The molecule has 2 nitrogen and oxygen atoms in total. The zero-order valence-electron chi connectivity index (χ0n) is 9.03. The van der Waals surface area contributed by atoms with E-state index in [0.717, 1.165) is 10.4 Å². The molecule has 0 fully saturated rings. The summed E-state index contributed by atoms with van der Waals surface area (Å²) in [6.07, 6.45) is -0.316. The van der Waals surface area contributed by atoms with Crippen LogP contribution in [-0.4, -0.2) is 19.0 Å². The van der Waals surface area contributed by atoms with E-state index in [2.05, 4.69) is 0 Å². The largest absolute Gasteiger partial charge is 0.373 e. The van der Waals surface area contributed by atoms with E-state index in [-0.39, 0.29) is 17.8 Å². The molecule has 0 aliphatic rings. The number of ketones is 1. The summed E-state index contributed by atoms with van der Waals surface area (Å²) in [4.78, 5) is 13.0. The number of carbonyl (C=O) groups is 1. The Morgan fingerprint density at radius 3 is 2.50 bits per heavy atom. The van der Waals surface area contributed by atoms with Gasteiger partial charge in [0.25, 0.3) is 0 Å². The van der Waals surface area contributed by atoms with E-state index in [9.17, 15) is 4.79 Å². The van der Waals surface area contributed by atoms with Crippen molar-refractivity contribution < 1.29 is 9.53 Å². The summed E-state index contributed by atoms with van der Waals surface area (Å²) in [5.74, 6) is 0.313. The number of Topliss-reactive ketones (excluding diaryl/α,β-unsaturated/α-hetero) is 1. The van der Waals surface area contributed by atoms with Crippen LogP contribution in [0.15, 0.2) is 11.4 Å². The molecule has 0 N–H and O–H groups in total. The molecule has 0 saturated carbocycles. The third-order valence-corrected chi connectivity index (χ3v) is 3.09. The lowest BCUT2D eigenvalue weighted by atomic mass is 9.98. The van der Waals surface area contributed by atoms with Gasteiger partial charge in [0.2, 0.25) is 0 Å². The summed E-state index contributed by atoms with van der Waals surface area (Å²) in [5, 5.41) is 1.94. The quantitative estimate of drug-likeness (QED) is 0.717. The van der Waals surface area contributed by atoms with Crippen molar-refractivity contribution in [1.29, 1.82) is 0 Å². The highest BCUT2D eigenvalue weighted by molar-refractivity contribution is 7.10. The number of thiophene rings is 1. The van der Waals surface area contributed by atoms with Crippen LogP contribution in [0.2, 0.25) is 0 Å². The summed E-state index contributed by atoms with van der Waals surface area (Å²) < 4.78 is 5.21. The van der Waals surface area contributed by atoms with Gasteiger partial charge in [-0.1, -0.05) is 13.8 Å². The third kappa shape index (κ3) is 2.22. The van der Waals surface area contributed by atoms with Crippen molar-refractivity contribution in [2.45, 2.75) is 26.9 Å². The van der Waals surface area contributed by atoms with Crippen LogP contribution in [0.5, 0.6) is 0 Å². The van der Waals surface area contributed by atoms with Crippen molar-refractivity contribution in [3.05, 3.63) is 21.9 Å². The summed E-state index contributed by atoms with van der Waals surface area (Å²) in [6.45, 7) is 5.95. The van der Waals surface area contributed by atoms with Crippen LogP contribution in [0, 0.1) is 12.8 Å². The summed E-state index contributed by atoms with van der Waals surface area (Å²) in [6, 6.07) is 1.87. The summed E-state index contributed by atoms with van der Waals surface area (Å²) in [5.41, 5.74) is 0.801. The fourth-order valence-electron chi connectivity index (χ4n) is 1.48. The summed E-state index contributed by atoms with van der Waals surface area (Å²) in [7, 11) is 1.59. The van der Waals surface area contributed by atoms with Gasteiger partial charge in [-0.2, -0.15) is 0 Å². The lowest BCUT2D eigenvalue weighted by Gasteiger charge is -2.17. The molecular weight excluding hydrogens is 196 g/mol. The Morgan fingerprint density at radius 2 is 2.14 bits per heavy atom. The van der Waals surface area contributed by atoms with Crippen molar-refractivity contribution in [3.8, 4) is 0 Å². The predicted molar refractivity (Wildman–Crippen MR) is 59.0 cm³/mol. The molecule has 0 aromatic carbocycles. The van der Waals surface area contributed by atoms with Gasteiger partial charge >= 0.3 is 0 Å². The number of aryl methyl sites for hydroxylation is 1. The molecule has 14 heavy (non-hydrogen) atoms. The zero-order chi connectivity index (χ0) is 10.7. The van der Waals surface area contributed by atoms with Crippen molar-refractivity contribution in [2.24, 2.45) is 5.92 Å². The van der Waals surface area contributed by atoms with Crippen LogP contribution in [-0.2, 0) is 4.74 Å². The Kier molecular flexibility index (Phi) is 3.84. The molecular formula is C11H16O2S. The first-order valence-corrected chi connectivity index (χ1v) is 5.57. The maximum atomic E-state index is 12.0. The van der Waals surface area contributed by atoms with E-state index < -0.39 is 0 Å². The molecule has 0 amide bonds. The number of hydrogen-bond donors (Lipinski definition) is 0. The summed E-state index contributed by atoms with van der Waals surface area (Å²) >= 11 is 1.60. The average Bonchev–Trinajstić information content (AvgIpc) is 2.51. The van der Waals surface area contributed by atoms with Gasteiger partial charge in [-0.15, -0.1) is 11.3 Å². The highest BCUT2D eigenvalue weighted by Gasteiger charge is 2.24. The fraction of sp³-hybridized carbons (Fsp3) is 0.545. The Hall–Kier alpha value is -0.670. The third-order valence-electron chi connectivity index (χ3n) is 2.24. The molecule has 0 spiro atoms. The first kappa shape index (κ1) is 11.4. The van der Waals surface area contributed by atoms with E-state index >= 15 is 0 Å². The van der Waals surface area contributed by atoms with E-state index in [1.807, 2.05) is 32.2 Å². The van der Waals surface area contributed by atoms with Gasteiger partial charge in [-0.25, -0.2) is 0 Å². The normalized spacial score (nSPS) is 13.2. The average molecular weight is 212 g/mol. The van der Waals surface area contributed by atoms with E-state index in [1.165, 1.54) is 0 Å². The van der Waals surface area contributed by atoms with Crippen molar-refractivity contribution >= 4 is 17.1 Å². The monoisotopic (exact) mass is 212 g/mol. The number of ether oxygens (including phenoxy) is 1. The molecule has 1 heterocycles. The van der Waals surface area contributed by atoms with Crippen LogP contribution >= 0.6 is 11.3 Å². The Labute approximate surface area is 88.9 Å². The van der Waals surface area contributed by atoms with Gasteiger partial charge in [0.1, 0.15) is 6.10 Å². The van der Waals surface area contributed by atoms with Gasteiger partial charge in [0.05, 0.1) is 0 Å². The Bertz CT molecular complexity index is 315. The number of hydrogen-bond acceptors (Lipinski definition) is 3. The lowest BCUT2D eigenvalue weighted by molar-refractivity contribution is 0.0458. The molecule has 78 valence electrons. The Morgan fingerprint density at radius 1 is 1.50 bits per heavy atom. The fourth-order valence-corrected chi connectivity index (χ4v) is 2.18. The van der Waals surface area contributed by atoms with Crippen molar-refractivity contribution in [2.75, 3.05) is 7.11 Å². The van der Waals surface area contributed by atoms with Crippen LogP contribution in [0.3, 0.4) is 0 Å². The number of carbonyl (C=O) groups excluding carboxylic acids is 1. The minimum Gasteiger partial charge on any atom is -0.373 e. The van der Waals surface area contributed by atoms with Crippen LogP contribution in [0.4, 0.5) is 0 Å². The van der Waals surface area contributed by atoms with Crippen LogP contribution < -0.4 is 0 Å². The predicted octanol–water partition coefficient (Wildman–Crippen LogP) is 2.91. The molecule has 0 bridgehead atoms. The second-order valence-corrected chi connectivity index (χ2v) is 4.78. The molecule has 1 aromatic heterocycles.